The molecule has 2 aromatic carbocycles. The fourth-order valence-electron chi connectivity index (χ4n) is 5.14. The van der Waals surface area contributed by atoms with E-state index in [1.54, 1.807) is 0 Å². The van der Waals surface area contributed by atoms with Crippen LogP contribution in [-0.2, 0) is 13.0 Å². The predicted octanol–water partition coefficient (Wildman–Crippen LogP) is 5.34. The van der Waals surface area contributed by atoms with E-state index in [-0.39, 0.29) is 0 Å². The molecule has 1 fully saturated rings. The van der Waals surface area contributed by atoms with Crippen LogP contribution in [0.3, 0.4) is 0 Å². The Morgan fingerprint density at radius 1 is 1.07 bits per heavy atom. The zero-order valence-electron chi connectivity index (χ0n) is 18.1. The Kier molecular flexibility index (Phi) is 5.34. The van der Waals surface area contributed by atoms with E-state index in [0.29, 0.717) is 11.8 Å². The molecule has 0 aliphatic carbocycles. The molecule has 2 aliphatic rings. The van der Waals surface area contributed by atoms with Gasteiger partial charge in [-0.1, -0.05) is 62.4 Å². The topological polar surface area (TPSA) is 33.1 Å². The molecule has 0 amide bonds. The van der Waals surface area contributed by atoms with Crippen molar-refractivity contribution in [2.75, 3.05) is 25.0 Å². The smallest absolute Gasteiger partial charge is 0.133 e. The lowest BCUT2D eigenvalue weighted by atomic mass is 9.91. The highest BCUT2D eigenvalue weighted by Crippen LogP contribution is 2.37. The highest BCUT2D eigenvalue weighted by atomic mass is 15.3. The minimum atomic E-state index is 0.474. The van der Waals surface area contributed by atoms with Crippen molar-refractivity contribution in [1.29, 1.82) is 0 Å². The molecule has 1 N–H and O–H groups in total. The van der Waals surface area contributed by atoms with E-state index in [9.17, 15) is 0 Å². The Morgan fingerprint density at radius 3 is 2.70 bits per heavy atom. The average molecular weight is 401 g/mol. The third-order valence-electron chi connectivity index (χ3n) is 6.61. The number of hydrogen-bond acceptors (Lipinski definition) is 3. The standard InChI is InChI=1S/C26H32N4/c1-19(2)22-12-6-7-13-24(22)30-26-23(14-15-27-26)25(28-30)21-11-8-16-29(18-21)17-20-9-4-3-5-10-20/h3-7,9-10,12-13,19,21,27H,8,11,14-18H2,1-2H3. The first-order valence-electron chi connectivity index (χ1n) is 11.4. The van der Waals surface area contributed by atoms with Crippen molar-refractivity contribution in [3.05, 3.63) is 77.0 Å². The first kappa shape index (κ1) is 19.4. The van der Waals surface area contributed by atoms with Crippen LogP contribution in [0.15, 0.2) is 54.6 Å². The molecule has 1 aromatic heterocycles. The van der Waals surface area contributed by atoms with Crippen LogP contribution in [0, 0.1) is 0 Å². The van der Waals surface area contributed by atoms with E-state index in [1.165, 1.54) is 53.3 Å². The molecule has 4 nitrogen and oxygen atoms in total. The predicted molar refractivity (Wildman–Crippen MR) is 124 cm³/mol. The monoisotopic (exact) mass is 400 g/mol. The normalized spacial score (nSPS) is 19.1. The molecule has 0 spiro atoms. The van der Waals surface area contributed by atoms with Gasteiger partial charge in [0.25, 0.3) is 0 Å². The van der Waals surface area contributed by atoms with Crippen molar-refractivity contribution < 1.29 is 0 Å². The van der Waals surface area contributed by atoms with Crippen LogP contribution in [0.25, 0.3) is 5.69 Å². The fraction of sp³-hybridized carbons (Fsp3) is 0.423. The van der Waals surface area contributed by atoms with Gasteiger partial charge in [0.05, 0.1) is 11.4 Å². The molecule has 1 unspecified atom stereocenters. The number of benzene rings is 2. The number of aromatic nitrogens is 2. The zero-order chi connectivity index (χ0) is 20.5. The van der Waals surface area contributed by atoms with E-state index in [2.05, 4.69) is 83.3 Å². The average Bonchev–Trinajstić information content (AvgIpc) is 3.37. The van der Waals surface area contributed by atoms with Crippen LogP contribution in [0.4, 0.5) is 5.82 Å². The Balaban J connectivity index is 1.45. The molecule has 4 heteroatoms. The van der Waals surface area contributed by atoms with Gasteiger partial charge in [0.15, 0.2) is 0 Å². The minimum Gasteiger partial charge on any atom is -0.369 e. The van der Waals surface area contributed by atoms with Crippen LogP contribution in [0.1, 0.15) is 60.9 Å². The number of fused-ring (bicyclic) bond motifs is 1. The maximum Gasteiger partial charge on any atom is 0.133 e. The lowest BCUT2D eigenvalue weighted by Gasteiger charge is -2.32. The van der Waals surface area contributed by atoms with Gasteiger partial charge < -0.3 is 5.32 Å². The van der Waals surface area contributed by atoms with Gasteiger partial charge in [0.1, 0.15) is 5.82 Å². The number of para-hydroxylation sites is 1. The minimum absolute atomic E-state index is 0.474. The molecule has 1 atom stereocenters. The maximum absolute atomic E-state index is 5.24. The first-order valence-corrected chi connectivity index (χ1v) is 11.4. The number of rotatable bonds is 5. The Bertz CT molecular complexity index is 1010. The van der Waals surface area contributed by atoms with E-state index in [1.807, 2.05) is 0 Å². The van der Waals surface area contributed by atoms with Gasteiger partial charge in [0.2, 0.25) is 0 Å². The maximum atomic E-state index is 5.24. The summed E-state index contributed by atoms with van der Waals surface area (Å²) >= 11 is 0. The molecule has 5 rings (SSSR count). The highest BCUT2D eigenvalue weighted by molar-refractivity contribution is 5.59. The van der Waals surface area contributed by atoms with Crippen LogP contribution in [-0.4, -0.2) is 34.3 Å². The van der Waals surface area contributed by atoms with E-state index < -0.39 is 0 Å². The van der Waals surface area contributed by atoms with Gasteiger partial charge in [-0.25, -0.2) is 4.68 Å². The number of nitrogens with zero attached hydrogens (tertiary/aromatic N) is 3. The number of piperidine rings is 1. The van der Waals surface area contributed by atoms with E-state index in [4.69, 9.17) is 5.10 Å². The van der Waals surface area contributed by atoms with Crippen molar-refractivity contribution in [2.24, 2.45) is 0 Å². The summed E-state index contributed by atoms with van der Waals surface area (Å²) in [4.78, 5) is 2.61. The molecule has 156 valence electrons. The van der Waals surface area contributed by atoms with Crippen molar-refractivity contribution >= 4 is 5.82 Å². The third kappa shape index (κ3) is 3.65. The van der Waals surface area contributed by atoms with Gasteiger partial charge in [-0.15, -0.1) is 0 Å². The fourth-order valence-corrected chi connectivity index (χ4v) is 5.14. The molecule has 0 saturated carbocycles. The lowest BCUT2D eigenvalue weighted by Crippen LogP contribution is -2.34. The van der Waals surface area contributed by atoms with Gasteiger partial charge in [-0.2, -0.15) is 5.10 Å². The Labute approximate surface area is 179 Å². The van der Waals surface area contributed by atoms with Crippen LogP contribution in [0.2, 0.25) is 0 Å². The largest absolute Gasteiger partial charge is 0.369 e. The Morgan fingerprint density at radius 2 is 1.87 bits per heavy atom. The molecular weight excluding hydrogens is 368 g/mol. The summed E-state index contributed by atoms with van der Waals surface area (Å²) in [5.74, 6) is 2.21. The second-order valence-electron chi connectivity index (χ2n) is 9.07. The van der Waals surface area contributed by atoms with Crippen LogP contribution >= 0.6 is 0 Å². The molecule has 3 aromatic rings. The first-order chi connectivity index (χ1) is 14.7. The number of likely N-dealkylation sites (tertiary alicyclic amines) is 1. The van der Waals surface area contributed by atoms with E-state index in [0.717, 1.165) is 26.1 Å². The quantitative estimate of drug-likeness (QED) is 0.627. The molecule has 30 heavy (non-hydrogen) atoms. The van der Waals surface area contributed by atoms with Crippen molar-refractivity contribution in [1.82, 2.24) is 14.7 Å². The van der Waals surface area contributed by atoms with Crippen LogP contribution in [0.5, 0.6) is 0 Å². The highest BCUT2D eigenvalue weighted by Gasteiger charge is 2.31. The summed E-state index contributed by atoms with van der Waals surface area (Å²) in [5.41, 5.74) is 6.76. The molecule has 3 heterocycles. The van der Waals surface area contributed by atoms with Gasteiger partial charge in [0, 0.05) is 31.1 Å². The van der Waals surface area contributed by atoms with E-state index >= 15 is 0 Å². The summed E-state index contributed by atoms with van der Waals surface area (Å²) in [6.45, 7) is 8.87. The van der Waals surface area contributed by atoms with Crippen molar-refractivity contribution in [2.45, 2.75) is 51.5 Å². The molecule has 0 bridgehead atoms. The number of nitrogens with one attached hydrogen (secondary N) is 1. The van der Waals surface area contributed by atoms with Crippen molar-refractivity contribution in [3.63, 3.8) is 0 Å². The summed E-state index contributed by atoms with van der Waals surface area (Å²) in [7, 11) is 0. The summed E-state index contributed by atoms with van der Waals surface area (Å²) in [6.07, 6.45) is 3.57. The lowest BCUT2D eigenvalue weighted by molar-refractivity contribution is 0.198. The van der Waals surface area contributed by atoms with Crippen molar-refractivity contribution in [3.8, 4) is 5.69 Å². The van der Waals surface area contributed by atoms with Gasteiger partial charge in [-0.3, -0.25) is 4.90 Å². The summed E-state index contributed by atoms with van der Waals surface area (Å²) in [5, 5.41) is 8.87. The summed E-state index contributed by atoms with van der Waals surface area (Å²) < 4.78 is 2.20. The SMILES string of the molecule is CC(C)c1ccccc1-n1nc(C2CCCN(Cc3ccccc3)C2)c2c1NCC2. The second-order valence-corrected chi connectivity index (χ2v) is 9.07. The third-order valence-corrected chi connectivity index (χ3v) is 6.61. The molecule has 2 aliphatic heterocycles. The molecule has 0 radical (unpaired) electrons. The van der Waals surface area contributed by atoms with Gasteiger partial charge >= 0.3 is 0 Å². The summed E-state index contributed by atoms with van der Waals surface area (Å²) in [6, 6.07) is 19.6. The Hall–Kier alpha value is -2.59. The second kappa shape index (κ2) is 8.27. The molecule has 1 saturated heterocycles. The number of anilines is 1. The van der Waals surface area contributed by atoms with Crippen LogP contribution < -0.4 is 5.32 Å². The zero-order valence-corrected chi connectivity index (χ0v) is 18.1. The van der Waals surface area contributed by atoms with Gasteiger partial charge in [-0.05, 0) is 48.9 Å². The molecular formula is C26H32N4. The number of hydrogen-bond donors (Lipinski definition) is 1.